The van der Waals surface area contributed by atoms with Crippen molar-refractivity contribution < 1.29 is 18.3 Å². The van der Waals surface area contributed by atoms with E-state index in [2.05, 4.69) is 27.7 Å². The van der Waals surface area contributed by atoms with Gasteiger partial charge in [-0.05, 0) is 32.9 Å². The third-order valence-electron chi connectivity index (χ3n) is 3.19. The summed E-state index contributed by atoms with van der Waals surface area (Å²) in [6.07, 6.45) is 4.20. The second kappa shape index (κ2) is 10.7. The minimum Gasteiger partial charge on any atom is -0.395 e. The molecule has 0 aliphatic carbocycles. The van der Waals surface area contributed by atoms with Crippen LogP contribution in [0.15, 0.2) is 0 Å². The molecule has 0 spiro atoms. The van der Waals surface area contributed by atoms with Crippen molar-refractivity contribution in [1.82, 2.24) is 0 Å². The van der Waals surface area contributed by atoms with Gasteiger partial charge in [-0.1, -0.05) is 40.5 Å². The number of rotatable bonds is 13. The van der Waals surface area contributed by atoms with Crippen molar-refractivity contribution in [2.24, 2.45) is 5.92 Å². The second-order valence-electron chi connectivity index (χ2n) is 6.10. The normalized spacial score (nSPS) is 13.1. The first-order valence-electron chi connectivity index (χ1n) is 8.45. The summed E-state index contributed by atoms with van der Waals surface area (Å²) in [4.78, 5) is 0. The zero-order chi connectivity index (χ0) is 16.4. The first-order valence-corrected chi connectivity index (χ1v) is 11.3. The minimum absolute atomic E-state index is 0.110. The van der Waals surface area contributed by atoms with Crippen molar-refractivity contribution in [1.29, 1.82) is 0 Å². The van der Waals surface area contributed by atoms with Gasteiger partial charge in [-0.25, -0.2) is 0 Å². The Morgan fingerprint density at radius 2 is 1.38 bits per heavy atom. The van der Waals surface area contributed by atoms with Gasteiger partial charge >= 0.3 is 8.56 Å². The van der Waals surface area contributed by atoms with E-state index in [9.17, 15) is 0 Å². The monoisotopic (exact) mass is 320 g/mol. The van der Waals surface area contributed by atoms with Crippen LogP contribution in [0.2, 0.25) is 13.1 Å². The van der Waals surface area contributed by atoms with E-state index in [-0.39, 0.29) is 5.92 Å². The van der Waals surface area contributed by atoms with Gasteiger partial charge in [0.15, 0.2) is 0 Å². The molecule has 0 aromatic carbocycles. The van der Waals surface area contributed by atoms with Gasteiger partial charge in [0.25, 0.3) is 5.97 Å². The zero-order valence-electron chi connectivity index (χ0n) is 15.2. The standard InChI is InChI=1S/C16H36O4Si/c1-8-11-13-17-16(15(4)5,18-14-12-9-2)20-21(6,7)19-10-3/h15H,8-14H2,1-7H3. The number of unbranched alkanes of at least 4 members (excludes halogenated alkanes) is 2. The third-order valence-corrected chi connectivity index (χ3v) is 4.95. The Kier molecular flexibility index (Phi) is 10.8. The van der Waals surface area contributed by atoms with Crippen LogP contribution in [-0.2, 0) is 18.3 Å². The largest absolute Gasteiger partial charge is 0.395 e. The van der Waals surface area contributed by atoms with Crippen molar-refractivity contribution in [3.63, 3.8) is 0 Å². The predicted octanol–water partition coefficient (Wildman–Crippen LogP) is 4.68. The van der Waals surface area contributed by atoms with Gasteiger partial charge in [-0.2, -0.15) is 0 Å². The summed E-state index contributed by atoms with van der Waals surface area (Å²) >= 11 is 0. The van der Waals surface area contributed by atoms with E-state index in [1.807, 2.05) is 20.0 Å². The summed E-state index contributed by atoms with van der Waals surface area (Å²) in [6.45, 7) is 16.5. The summed E-state index contributed by atoms with van der Waals surface area (Å²) in [5.41, 5.74) is 0. The molecule has 0 aliphatic heterocycles. The van der Waals surface area contributed by atoms with E-state index in [1.54, 1.807) is 0 Å². The lowest BCUT2D eigenvalue weighted by Crippen LogP contribution is -2.53. The molecule has 0 saturated carbocycles. The maximum atomic E-state index is 6.29. The van der Waals surface area contributed by atoms with Crippen molar-refractivity contribution in [3.05, 3.63) is 0 Å². The topological polar surface area (TPSA) is 36.9 Å². The highest BCUT2D eigenvalue weighted by Crippen LogP contribution is 2.30. The molecule has 4 nitrogen and oxygen atoms in total. The molecule has 0 fully saturated rings. The van der Waals surface area contributed by atoms with Gasteiger partial charge in [0, 0.05) is 12.5 Å². The maximum Gasteiger partial charge on any atom is 0.336 e. The fraction of sp³-hybridized carbons (Fsp3) is 1.00. The molecule has 128 valence electrons. The Labute approximate surface area is 132 Å². The van der Waals surface area contributed by atoms with Crippen LogP contribution in [0.25, 0.3) is 0 Å². The van der Waals surface area contributed by atoms with Crippen LogP contribution < -0.4 is 0 Å². The van der Waals surface area contributed by atoms with E-state index >= 15 is 0 Å². The lowest BCUT2D eigenvalue weighted by molar-refractivity contribution is -0.374. The Bertz CT molecular complexity index is 247. The molecule has 0 aliphatic rings. The number of hydrogen-bond donors (Lipinski definition) is 0. The highest BCUT2D eigenvalue weighted by molar-refractivity contribution is 6.64. The first-order chi connectivity index (χ1) is 9.83. The van der Waals surface area contributed by atoms with Crippen molar-refractivity contribution in [2.45, 2.75) is 79.4 Å². The molecule has 0 atom stereocenters. The van der Waals surface area contributed by atoms with Gasteiger partial charge in [-0.15, -0.1) is 0 Å². The maximum absolute atomic E-state index is 6.29. The van der Waals surface area contributed by atoms with Gasteiger partial charge in [0.05, 0.1) is 13.2 Å². The van der Waals surface area contributed by atoms with Crippen LogP contribution in [0.1, 0.15) is 60.3 Å². The lowest BCUT2D eigenvalue weighted by Gasteiger charge is -2.41. The van der Waals surface area contributed by atoms with Gasteiger partial charge < -0.3 is 18.3 Å². The number of ether oxygens (including phenoxy) is 2. The predicted molar refractivity (Wildman–Crippen MR) is 89.5 cm³/mol. The zero-order valence-corrected chi connectivity index (χ0v) is 16.2. The van der Waals surface area contributed by atoms with Crippen molar-refractivity contribution in [3.8, 4) is 0 Å². The average molecular weight is 321 g/mol. The molecule has 0 bridgehead atoms. The molecule has 5 heteroatoms. The molecule has 0 amide bonds. The van der Waals surface area contributed by atoms with Crippen LogP contribution in [0.3, 0.4) is 0 Å². The smallest absolute Gasteiger partial charge is 0.336 e. The van der Waals surface area contributed by atoms with Gasteiger partial charge in [0.2, 0.25) is 0 Å². The molecule has 0 aromatic heterocycles. The van der Waals surface area contributed by atoms with Gasteiger partial charge in [-0.3, -0.25) is 0 Å². The Morgan fingerprint density at radius 3 is 1.71 bits per heavy atom. The summed E-state index contributed by atoms with van der Waals surface area (Å²) < 4.78 is 24.2. The quantitative estimate of drug-likeness (QED) is 0.280. The van der Waals surface area contributed by atoms with Crippen LogP contribution in [0, 0.1) is 5.92 Å². The molecule has 0 aromatic rings. The summed E-state index contributed by atoms with van der Waals surface area (Å²) in [5, 5.41) is 0. The van der Waals surface area contributed by atoms with Crippen LogP contribution >= 0.6 is 0 Å². The Hall–Kier alpha value is 0.0569. The number of hydrogen-bond acceptors (Lipinski definition) is 4. The fourth-order valence-electron chi connectivity index (χ4n) is 1.99. The fourth-order valence-corrected chi connectivity index (χ4v) is 3.78. The average Bonchev–Trinajstić information content (AvgIpc) is 2.38. The molecular formula is C16H36O4Si. The molecule has 0 rings (SSSR count). The second-order valence-corrected chi connectivity index (χ2v) is 9.39. The van der Waals surface area contributed by atoms with E-state index in [4.69, 9.17) is 18.3 Å². The SMILES string of the molecule is CCCCOC(OCCCC)(O[Si](C)(C)OCC)C(C)C. The molecule has 0 saturated heterocycles. The molecule has 0 radical (unpaired) electrons. The summed E-state index contributed by atoms with van der Waals surface area (Å²) in [5.74, 6) is -0.867. The van der Waals surface area contributed by atoms with Crippen molar-refractivity contribution in [2.75, 3.05) is 19.8 Å². The molecule has 0 heterocycles. The lowest BCUT2D eigenvalue weighted by atomic mass is 10.2. The highest BCUT2D eigenvalue weighted by Gasteiger charge is 2.44. The van der Waals surface area contributed by atoms with E-state index in [0.717, 1.165) is 25.7 Å². The van der Waals surface area contributed by atoms with Crippen molar-refractivity contribution >= 4 is 8.56 Å². The van der Waals surface area contributed by atoms with E-state index in [1.165, 1.54) is 0 Å². The Morgan fingerprint density at radius 1 is 0.905 bits per heavy atom. The molecular weight excluding hydrogens is 284 g/mol. The highest BCUT2D eigenvalue weighted by atomic mass is 28.4. The first kappa shape index (κ1) is 21.1. The summed E-state index contributed by atoms with van der Waals surface area (Å²) in [6, 6.07) is 0. The Balaban J connectivity index is 4.96. The van der Waals surface area contributed by atoms with Gasteiger partial charge in [0.1, 0.15) is 0 Å². The molecule has 0 N–H and O–H groups in total. The minimum atomic E-state index is -2.27. The summed E-state index contributed by atoms with van der Waals surface area (Å²) in [7, 11) is -2.27. The molecule has 21 heavy (non-hydrogen) atoms. The molecule has 0 unspecified atom stereocenters. The third kappa shape index (κ3) is 8.31. The van der Waals surface area contributed by atoms with Crippen LogP contribution in [0.4, 0.5) is 0 Å². The van der Waals surface area contributed by atoms with Crippen LogP contribution in [0.5, 0.6) is 0 Å². The van der Waals surface area contributed by atoms with Crippen LogP contribution in [-0.4, -0.2) is 34.4 Å². The van der Waals surface area contributed by atoms with E-state index in [0.29, 0.717) is 19.8 Å². The van der Waals surface area contributed by atoms with E-state index < -0.39 is 14.5 Å².